The summed E-state index contributed by atoms with van der Waals surface area (Å²) in [7, 11) is -1.11. The molecule has 2 fully saturated rings. The summed E-state index contributed by atoms with van der Waals surface area (Å²) < 4.78 is 26.4. The molecular weight excluding hydrogens is 224 g/mol. The van der Waals surface area contributed by atoms with Crippen molar-refractivity contribution in [1.82, 2.24) is 9.62 Å². The number of nitrogens with one attached hydrogen (secondary N) is 1. The molecule has 1 aliphatic carbocycles. The highest BCUT2D eigenvalue weighted by molar-refractivity contribution is 7.89. The SMILES string of the molecule is CNC1CCN(S(=O)(=O)C2CCCCC2)C1. The molecule has 0 aromatic heterocycles. The van der Waals surface area contributed by atoms with Gasteiger partial charge in [0.15, 0.2) is 0 Å². The molecule has 5 heteroatoms. The van der Waals surface area contributed by atoms with E-state index in [-0.39, 0.29) is 5.25 Å². The van der Waals surface area contributed by atoms with Crippen LogP contribution in [0.4, 0.5) is 0 Å². The zero-order valence-corrected chi connectivity index (χ0v) is 10.8. The van der Waals surface area contributed by atoms with Gasteiger partial charge in [-0.15, -0.1) is 0 Å². The van der Waals surface area contributed by atoms with Crippen LogP contribution in [0.1, 0.15) is 38.5 Å². The lowest BCUT2D eigenvalue weighted by atomic mass is 10.0. The van der Waals surface area contributed by atoms with Crippen molar-refractivity contribution in [3.63, 3.8) is 0 Å². The molecule has 0 spiro atoms. The van der Waals surface area contributed by atoms with Crippen molar-refractivity contribution in [2.45, 2.75) is 49.8 Å². The Kier molecular flexibility index (Phi) is 3.87. The van der Waals surface area contributed by atoms with E-state index in [9.17, 15) is 8.42 Å². The van der Waals surface area contributed by atoms with Crippen molar-refractivity contribution in [3.8, 4) is 0 Å². The van der Waals surface area contributed by atoms with Crippen molar-refractivity contribution in [3.05, 3.63) is 0 Å². The van der Waals surface area contributed by atoms with Gasteiger partial charge in [-0.1, -0.05) is 19.3 Å². The van der Waals surface area contributed by atoms with Gasteiger partial charge in [0.2, 0.25) is 10.0 Å². The second kappa shape index (κ2) is 5.02. The minimum absolute atomic E-state index is 0.100. The summed E-state index contributed by atoms with van der Waals surface area (Å²) in [4.78, 5) is 0. The molecular formula is C11H22N2O2S. The first kappa shape index (κ1) is 12.3. The van der Waals surface area contributed by atoms with Crippen molar-refractivity contribution in [1.29, 1.82) is 0 Å². The third kappa shape index (κ3) is 2.41. The van der Waals surface area contributed by atoms with Gasteiger partial charge in [-0.3, -0.25) is 0 Å². The molecule has 1 saturated heterocycles. The lowest BCUT2D eigenvalue weighted by molar-refractivity contribution is 0.423. The molecule has 1 aliphatic heterocycles. The Morgan fingerprint density at radius 1 is 1.12 bits per heavy atom. The van der Waals surface area contributed by atoms with Crippen molar-refractivity contribution >= 4 is 10.0 Å². The summed E-state index contributed by atoms with van der Waals surface area (Å²) in [6, 6.07) is 0.346. The maximum absolute atomic E-state index is 12.3. The van der Waals surface area contributed by atoms with E-state index in [4.69, 9.17) is 0 Å². The van der Waals surface area contributed by atoms with Crippen LogP contribution in [0.5, 0.6) is 0 Å². The summed E-state index contributed by atoms with van der Waals surface area (Å²) in [5.74, 6) is 0. The van der Waals surface area contributed by atoms with E-state index in [1.165, 1.54) is 6.42 Å². The van der Waals surface area contributed by atoms with Crippen LogP contribution in [-0.2, 0) is 10.0 Å². The van der Waals surface area contributed by atoms with Gasteiger partial charge in [0.25, 0.3) is 0 Å². The van der Waals surface area contributed by atoms with Crippen molar-refractivity contribution in [2.24, 2.45) is 0 Å². The van der Waals surface area contributed by atoms with Crippen LogP contribution in [0, 0.1) is 0 Å². The molecule has 1 N–H and O–H groups in total. The fraction of sp³-hybridized carbons (Fsp3) is 1.00. The van der Waals surface area contributed by atoms with Crippen LogP contribution in [-0.4, -0.2) is 44.2 Å². The zero-order valence-electron chi connectivity index (χ0n) is 9.98. The van der Waals surface area contributed by atoms with E-state index < -0.39 is 10.0 Å². The Balaban J connectivity index is 2.01. The molecule has 94 valence electrons. The Bertz CT molecular complexity index is 323. The fourth-order valence-corrected chi connectivity index (χ4v) is 4.87. The summed E-state index contributed by atoms with van der Waals surface area (Å²) in [5.41, 5.74) is 0. The fourth-order valence-electron chi connectivity index (χ4n) is 2.77. The normalized spacial score (nSPS) is 29.7. The van der Waals surface area contributed by atoms with E-state index >= 15 is 0 Å². The van der Waals surface area contributed by atoms with Gasteiger partial charge in [-0.25, -0.2) is 12.7 Å². The van der Waals surface area contributed by atoms with E-state index in [1.54, 1.807) is 4.31 Å². The number of hydrogen-bond donors (Lipinski definition) is 1. The number of likely N-dealkylation sites (N-methyl/N-ethyl adjacent to an activating group) is 1. The number of nitrogens with zero attached hydrogens (tertiary/aromatic N) is 1. The standard InChI is InChI=1S/C11H22N2O2S/c1-12-10-7-8-13(9-10)16(14,15)11-5-3-2-4-6-11/h10-12H,2-9H2,1H3. The van der Waals surface area contributed by atoms with Gasteiger partial charge in [0, 0.05) is 19.1 Å². The van der Waals surface area contributed by atoms with E-state index in [0.717, 1.165) is 32.1 Å². The minimum Gasteiger partial charge on any atom is -0.316 e. The Morgan fingerprint density at radius 2 is 1.81 bits per heavy atom. The van der Waals surface area contributed by atoms with Gasteiger partial charge in [-0.05, 0) is 26.3 Å². The highest BCUT2D eigenvalue weighted by Gasteiger charge is 2.36. The van der Waals surface area contributed by atoms with E-state index in [0.29, 0.717) is 19.1 Å². The van der Waals surface area contributed by atoms with Gasteiger partial charge in [0.1, 0.15) is 0 Å². The van der Waals surface area contributed by atoms with Crippen LogP contribution < -0.4 is 5.32 Å². The predicted molar refractivity (Wildman–Crippen MR) is 64.8 cm³/mol. The third-order valence-electron chi connectivity index (χ3n) is 3.89. The molecule has 1 atom stereocenters. The highest BCUT2D eigenvalue weighted by Crippen LogP contribution is 2.27. The second-order valence-electron chi connectivity index (χ2n) is 4.94. The second-order valence-corrected chi connectivity index (χ2v) is 7.15. The lowest BCUT2D eigenvalue weighted by Crippen LogP contribution is -2.40. The molecule has 16 heavy (non-hydrogen) atoms. The van der Waals surface area contributed by atoms with Gasteiger partial charge >= 0.3 is 0 Å². The van der Waals surface area contributed by atoms with Crippen LogP contribution in [0.3, 0.4) is 0 Å². The molecule has 2 aliphatic rings. The first-order chi connectivity index (χ1) is 7.64. The average Bonchev–Trinajstić information content (AvgIpc) is 2.79. The molecule has 0 radical (unpaired) electrons. The molecule has 4 nitrogen and oxygen atoms in total. The summed E-state index contributed by atoms with van der Waals surface area (Å²) >= 11 is 0. The number of rotatable bonds is 3. The number of hydrogen-bond acceptors (Lipinski definition) is 3. The summed E-state index contributed by atoms with van der Waals surface area (Å²) in [6.45, 7) is 1.36. The molecule has 0 bridgehead atoms. The number of sulfonamides is 1. The lowest BCUT2D eigenvalue weighted by Gasteiger charge is -2.26. The third-order valence-corrected chi connectivity index (χ3v) is 6.26. The first-order valence-electron chi connectivity index (χ1n) is 6.31. The Morgan fingerprint density at radius 3 is 2.38 bits per heavy atom. The van der Waals surface area contributed by atoms with Crippen LogP contribution in [0.2, 0.25) is 0 Å². The zero-order chi connectivity index (χ0) is 11.6. The van der Waals surface area contributed by atoms with Crippen LogP contribution >= 0.6 is 0 Å². The molecule has 1 saturated carbocycles. The van der Waals surface area contributed by atoms with Crippen molar-refractivity contribution in [2.75, 3.05) is 20.1 Å². The topological polar surface area (TPSA) is 49.4 Å². The molecule has 0 aromatic carbocycles. The quantitative estimate of drug-likeness (QED) is 0.806. The molecule has 0 aromatic rings. The smallest absolute Gasteiger partial charge is 0.217 e. The average molecular weight is 246 g/mol. The first-order valence-corrected chi connectivity index (χ1v) is 7.81. The van der Waals surface area contributed by atoms with Crippen molar-refractivity contribution < 1.29 is 8.42 Å². The van der Waals surface area contributed by atoms with Gasteiger partial charge < -0.3 is 5.32 Å². The van der Waals surface area contributed by atoms with Crippen LogP contribution in [0.15, 0.2) is 0 Å². The summed E-state index contributed by atoms with van der Waals surface area (Å²) in [5, 5.41) is 3.06. The largest absolute Gasteiger partial charge is 0.316 e. The molecule has 1 unspecified atom stereocenters. The minimum atomic E-state index is -3.01. The Hall–Kier alpha value is -0.130. The maximum atomic E-state index is 12.3. The van der Waals surface area contributed by atoms with E-state index in [2.05, 4.69) is 5.32 Å². The van der Waals surface area contributed by atoms with Crippen LogP contribution in [0.25, 0.3) is 0 Å². The van der Waals surface area contributed by atoms with Gasteiger partial charge in [0.05, 0.1) is 5.25 Å². The summed E-state index contributed by atoms with van der Waals surface area (Å²) in [6.07, 6.45) is 6.03. The highest BCUT2D eigenvalue weighted by atomic mass is 32.2. The monoisotopic (exact) mass is 246 g/mol. The molecule has 0 amide bonds. The van der Waals surface area contributed by atoms with E-state index in [1.807, 2.05) is 7.05 Å². The Labute approximate surface area is 98.4 Å². The molecule has 2 rings (SSSR count). The van der Waals surface area contributed by atoms with Gasteiger partial charge in [-0.2, -0.15) is 0 Å². The maximum Gasteiger partial charge on any atom is 0.217 e. The predicted octanol–water partition coefficient (Wildman–Crippen LogP) is 0.943. The molecule has 1 heterocycles.